The Kier molecular flexibility index (Phi) is 2.91. The van der Waals surface area contributed by atoms with Gasteiger partial charge in [-0.25, -0.2) is 0 Å². The number of nitrogens with zero attached hydrogens (tertiary/aromatic N) is 3. The number of hydrogen-bond donors (Lipinski definition) is 2. The molecule has 1 heterocycles. The lowest BCUT2D eigenvalue weighted by atomic mass is 10.1. The number of Topliss-reactive ketones (excluding diaryl/α,β-unsaturated/α-hetero) is 1. The lowest BCUT2D eigenvalue weighted by molar-refractivity contribution is 0.100. The zero-order chi connectivity index (χ0) is 12.3. The van der Waals surface area contributed by atoms with Gasteiger partial charge in [-0.1, -0.05) is 12.1 Å². The molecular weight excluding hydrogens is 222 g/mol. The third kappa shape index (κ3) is 2.51. The molecular formula is C10H9N5O2. The third-order valence-corrected chi connectivity index (χ3v) is 2.08. The highest BCUT2D eigenvalue weighted by Gasteiger charge is 2.11. The number of carbonyl (C=O) groups is 2. The molecule has 0 bridgehead atoms. The number of ketones is 1. The van der Waals surface area contributed by atoms with Crippen LogP contribution in [0.25, 0.3) is 0 Å². The van der Waals surface area contributed by atoms with Gasteiger partial charge in [-0.2, -0.15) is 5.21 Å². The van der Waals surface area contributed by atoms with Crippen LogP contribution in [0, 0.1) is 0 Å². The highest BCUT2D eigenvalue weighted by atomic mass is 16.2. The molecule has 0 aliphatic carbocycles. The van der Waals surface area contributed by atoms with Crippen LogP contribution in [-0.4, -0.2) is 32.3 Å². The number of aromatic nitrogens is 4. The molecule has 0 unspecified atom stereocenters. The van der Waals surface area contributed by atoms with Crippen LogP contribution in [0.3, 0.4) is 0 Å². The average Bonchev–Trinajstić information content (AvgIpc) is 2.82. The molecule has 86 valence electrons. The Morgan fingerprint density at radius 3 is 2.82 bits per heavy atom. The standard InChI is InChI=1S/C10H9N5O2/c1-6(16)7-3-2-4-8(5-7)11-10(17)9-12-14-15-13-9/h2-5H,1H3,(H,11,17)(H,12,13,14,15). The van der Waals surface area contributed by atoms with Gasteiger partial charge in [0.25, 0.3) is 11.7 Å². The van der Waals surface area contributed by atoms with Gasteiger partial charge in [0.05, 0.1) is 0 Å². The number of H-pyrrole nitrogens is 1. The van der Waals surface area contributed by atoms with Crippen LogP contribution in [0.15, 0.2) is 24.3 Å². The lowest BCUT2D eigenvalue weighted by Gasteiger charge is -2.03. The fourth-order valence-electron chi connectivity index (χ4n) is 1.26. The summed E-state index contributed by atoms with van der Waals surface area (Å²) >= 11 is 0. The summed E-state index contributed by atoms with van der Waals surface area (Å²) in [7, 11) is 0. The van der Waals surface area contributed by atoms with E-state index in [9.17, 15) is 9.59 Å². The minimum atomic E-state index is -0.487. The van der Waals surface area contributed by atoms with Crippen molar-refractivity contribution in [2.45, 2.75) is 6.92 Å². The van der Waals surface area contributed by atoms with Crippen molar-refractivity contribution < 1.29 is 9.59 Å². The second-order valence-electron chi connectivity index (χ2n) is 3.33. The van der Waals surface area contributed by atoms with E-state index in [1.54, 1.807) is 24.3 Å². The van der Waals surface area contributed by atoms with Crippen molar-refractivity contribution >= 4 is 17.4 Å². The van der Waals surface area contributed by atoms with Crippen molar-refractivity contribution in [2.24, 2.45) is 0 Å². The zero-order valence-electron chi connectivity index (χ0n) is 8.97. The summed E-state index contributed by atoms with van der Waals surface area (Å²) in [6.45, 7) is 1.46. The first kappa shape index (κ1) is 10.9. The van der Waals surface area contributed by atoms with E-state index in [2.05, 4.69) is 25.9 Å². The topological polar surface area (TPSA) is 101 Å². The number of benzene rings is 1. The Morgan fingerprint density at radius 1 is 1.35 bits per heavy atom. The molecule has 1 amide bonds. The molecule has 7 heteroatoms. The Hall–Kier alpha value is -2.57. The molecule has 0 fully saturated rings. The van der Waals surface area contributed by atoms with Crippen LogP contribution in [0.2, 0.25) is 0 Å². The summed E-state index contributed by atoms with van der Waals surface area (Å²) in [6, 6.07) is 6.61. The molecule has 1 aromatic carbocycles. The zero-order valence-corrected chi connectivity index (χ0v) is 8.97. The predicted octanol–water partition coefficient (Wildman–Crippen LogP) is 0.655. The van der Waals surface area contributed by atoms with Crippen LogP contribution in [0.5, 0.6) is 0 Å². The van der Waals surface area contributed by atoms with Gasteiger partial charge in [-0.3, -0.25) is 9.59 Å². The number of aromatic amines is 1. The first-order valence-corrected chi connectivity index (χ1v) is 4.82. The number of amides is 1. The van der Waals surface area contributed by atoms with Crippen LogP contribution in [0.1, 0.15) is 27.9 Å². The van der Waals surface area contributed by atoms with Crippen molar-refractivity contribution in [2.75, 3.05) is 5.32 Å². The molecule has 0 spiro atoms. The fourth-order valence-corrected chi connectivity index (χ4v) is 1.26. The second kappa shape index (κ2) is 4.52. The predicted molar refractivity (Wildman–Crippen MR) is 58.6 cm³/mol. The Morgan fingerprint density at radius 2 is 2.18 bits per heavy atom. The molecule has 17 heavy (non-hydrogen) atoms. The number of rotatable bonds is 3. The molecule has 1 aromatic heterocycles. The van der Waals surface area contributed by atoms with E-state index in [0.29, 0.717) is 11.3 Å². The van der Waals surface area contributed by atoms with Crippen molar-refractivity contribution in [3.63, 3.8) is 0 Å². The Labute approximate surface area is 96.2 Å². The number of tetrazole rings is 1. The largest absolute Gasteiger partial charge is 0.319 e. The van der Waals surface area contributed by atoms with E-state index in [0.717, 1.165) is 0 Å². The number of nitrogens with one attached hydrogen (secondary N) is 2. The fraction of sp³-hybridized carbons (Fsp3) is 0.100. The summed E-state index contributed by atoms with van der Waals surface area (Å²) in [5, 5.41) is 15.1. The van der Waals surface area contributed by atoms with Gasteiger partial charge in [0.1, 0.15) is 0 Å². The first-order valence-electron chi connectivity index (χ1n) is 4.82. The Balaban J connectivity index is 2.16. The highest BCUT2D eigenvalue weighted by Crippen LogP contribution is 2.11. The number of hydrogen-bond acceptors (Lipinski definition) is 5. The van der Waals surface area contributed by atoms with Gasteiger partial charge in [-0.05, 0) is 24.3 Å². The van der Waals surface area contributed by atoms with Gasteiger partial charge < -0.3 is 5.32 Å². The first-order chi connectivity index (χ1) is 8.16. The molecule has 2 rings (SSSR count). The minimum absolute atomic E-state index is 0.0572. The van der Waals surface area contributed by atoms with Crippen LogP contribution in [0.4, 0.5) is 5.69 Å². The van der Waals surface area contributed by atoms with Crippen molar-refractivity contribution in [3.05, 3.63) is 35.7 Å². The molecule has 0 saturated carbocycles. The number of carbonyl (C=O) groups excluding carboxylic acids is 2. The lowest BCUT2D eigenvalue weighted by Crippen LogP contribution is -2.14. The van der Waals surface area contributed by atoms with Gasteiger partial charge in [0.2, 0.25) is 0 Å². The molecule has 7 nitrogen and oxygen atoms in total. The van der Waals surface area contributed by atoms with Crippen LogP contribution < -0.4 is 5.32 Å². The maximum Gasteiger partial charge on any atom is 0.297 e. The van der Waals surface area contributed by atoms with Crippen LogP contribution >= 0.6 is 0 Å². The number of anilines is 1. The summed E-state index contributed by atoms with van der Waals surface area (Å²) < 4.78 is 0. The van der Waals surface area contributed by atoms with Gasteiger partial charge in [0.15, 0.2) is 5.78 Å². The average molecular weight is 231 g/mol. The maximum absolute atomic E-state index is 11.6. The van der Waals surface area contributed by atoms with Crippen molar-refractivity contribution in [1.82, 2.24) is 20.6 Å². The van der Waals surface area contributed by atoms with E-state index in [4.69, 9.17) is 0 Å². The summed E-state index contributed by atoms with van der Waals surface area (Å²) in [5.74, 6) is -0.613. The quantitative estimate of drug-likeness (QED) is 0.755. The summed E-state index contributed by atoms with van der Waals surface area (Å²) in [4.78, 5) is 22.7. The van der Waals surface area contributed by atoms with Crippen LogP contribution in [-0.2, 0) is 0 Å². The molecule has 0 saturated heterocycles. The van der Waals surface area contributed by atoms with Gasteiger partial charge >= 0.3 is 0 Å². The molecule has 0 radical (unpaired) electrons. The minimum Gasteiger partial charge on any atom is -0.319 e. The third-order valence-electron chi connectivity index (χ3n) is 2.08. The van der Waals surface area contributed by atoms with Gasteiger partial charge in [-0.15, -0.1) is 10.2 Å². The summed E-state index contributed by atoms with van der Waals surface area (Å²) in [6.07, 6.45) is 0. The van der Waals surface area contributed by atoms with E-state index < -0.39 is 5.91 Å². The van der Waals surface area contributed by atoms with Gasteiger partial charge in [0, 0.05) is 11.3 Å². The van der Waals surface area contributed by atoms with E-state index in [1.165, 1.54) is 6.92 Å². The smallest absolute Gasteiger partial charge is 0.297 e. The maximum atomic E-state index is 11.6. The van der Waals surface area contributed by atoms with E-state index in [1.807, 2.05) is 0 Å². The molecule has 2 N–H and O–H groups in total. The monoisotopic (exact) mass is 231 g/mol. The normalized spacial score (nSPS) is 9.94. The molecule has 0 aliphatic heterocycles. The highest BCUT2D eigenvalue weighted by molar-refractivity contribution is 6.02. The molecule has 0 atom stereocenters. The SMILES string of the molecule is CC(=O)c1cccc(NC(=O)c2nn[nH]n2)c1. The second-order valence-corrected chi connectivity index (χ2v) is 3.33. The summed E-state index contributed by atoms with van der Waals surface area (Å²) in [5.41, 5.74) is 1.03. The Bertz CT molecular complexity index is 550. The van der Waals surface area contributed by atoms with E-state index >= 15 is 0 Å². The molecule has 2 aromatic rings. The molecule has 0 aliphatic rings. The van der Waals surface area contributed by atoms with E-state index in [-0.39, 0.29) is 11.6 Å². The van der Waals surface area contributed by atoms with Crippen molar-refractivity contribution in [3.8, 4) is 0 Å². The van der Waals surface area contributed by atoms with Crippen molar-refractivity contribution in [1.29, 1.82) is 0 Å².